The Morgan fingerprint density at radius 2 is 2.18 bits per heavy atom. The van der Waals surface area contributed by atoms with Crippen molar-refractivity contribution in [3.8, 4) is 0 Å². The zero-order valence-corrected chi connectivity index (χ0v) is 10.7. The molecule has 3 rings (SSSR count). The van der Waals surface area contributed by atoms with E-state index in [2.05, 4.69) is 41.4 Å². The lowest BCUT2D eigenvalue weighted by Gasteiger charge is -2.39. The highest BCUT2D eigenvalue weighted by Gasteiger charge is 2.28. The van der Waals surface area contributed by atoms with Crippen LogP contribution in [0.15, 0.2) is 24.3 Å². The van der Waals surface area contributed by atoms with Gasteiger partial charge in [-0.15, -0.1) is 0 Å². The van der Waals surface area contributed by atoms with Crippen LogP contribution < -0.4 is 10.2 Å². The standard InChI is InChI=1S/C15H22N2/c1-12(14-8-4-10-16-14)17-11-5-7-13-6-2-3-9-15(13)17/h2-3,6,9,12,14,16H,4-5,7-8,10-11H2,1H3. The molecule has 2 heterocycles. The fourth-order valence-electron chi connectivity index (χ4n) is 3.33. The molecule has 1 saturated heterocycles. The minimum Gasteiger partial charge on any atom is -0.367 e. The summed E-state index contributed by atoms with van der Waals surface area (Å²) in [4.78, 5) is 2.61. The van der Waals surface area contributed by atoms with Gasteiger partial charge in [0.1, 0.15) is 0 Å². The van der Waals surface area contributed by atoms with Gasteiger partial charge in [-0.05, 0) is 50.8 Å². The molecule has 1 fully saturated rings. The first kappa shape index (κ1) is 11.1. The summed E-state index contributed by atoms with van der Waals surface area (Å²) in [5, 5.41) is 3.64. The summed E-state index contributed by atoms with van der Waals surface area (Å²) in [5.41, 5.74) is 3.00. The molecule has 0 spiro atoms. The summed E-state index contributed by atoms with van der Waals surface area (Å²) in [6.07, 6.45) is 5.22. The van der Waals surface area contributed by atoms with Crippen LogP contribution in [-0.4, -0.2) is 25.2 Å². The first-order chi connectivity index (χ1) is 8.36. The Morgan fingerprint density at radius 3 is 3.00 bits per heavy atom. The number of fused-ring (bicyclic) bond motifs is 1. The quantitative estimate of drug-likeness (QED) is 0.840. The van der Waals surface area contributed by atoms with E-state index in [1.165, 1.54) is 50.0 Å². The minimum atomic E-state index is 0.624. The largest absolute Gasteiger partial charge is 0.367 e. The second kappa shape index (κ2) is 4.69. The van der Waals surface area contributed by atoms with Gasteiger partial charge in [-0.2, -0.15) is 0 Å². The van der Waals surface area contributed by atoms with Crippen LogP contribution in [0.5, 0.6) is 0 Å². The van der Waals surface area contributed by atoms with Gasteiger partial charge in [0.25, 0.3) is 0 Å². The van der Waals surface area contributed by atoms with Crippen molar-refractivity contribution in [3.05, 3.63) is 29.8 Å². The van der Waals surface area contributed by atoms with E-state index in [4.69, 9.17) is 0 Å². The molecule has 1 N–H and O–H groups in total. The SMILES string of the molecule is CC(C1CCCN1)N1CCCc2ccccc21. The molecule has 2 nitrogen and oxygen atoms in total. The molecular weight excluding hydrogens is 208 g/mol. The Morgan fingerprint density at radius 1 is 1.29 bits per heavy atom. The van der Waals surface area contributed by atoms with Crippen LogP contribution in [-0.2, 0) is 6.42 Å². The average Bonchev–Trinajstić information content (AvgIpc) is 2.91. The first-order valence-corrected chi connectivity index (χ1v) is 6.94. The molecule has 2 atom stereocenters. The van der Waals surface area contributed by atoms with E-state index in [0.29, 0.717) is 12.1 Å². The van der Waals surface area contributed by atoms with Crippen molar-refractivity contribution in [1.29, 1.82) is 0 Å². The molecule has 0 saturated carbocycles. The molecule has 1 aromatic carbocycles. The van der Waals surface area contributed by atoms with E-state index >= 15 is 0 Å². The van der Waals surface area contributed by atoms with Gasteiger partial charge in [-0.1, -0.05) is 18.2 Å². The highest BCUT2D eigenvalue weighted by Crippen LogP contribution is 2.30. The maximum absolute atomic E-state index is 3.64. The van der Waals surface area contributed by atoms with Gasteiger partial charge in [0, 0.05) is 24.3 Å². The van der Waals surface area contributed by atoms with Crippen molar-refractivity contribution < 1.29 is 0 Å². The van der Waals surface area contributed by atoms with Crippen molar-refractivity contribution in [3.63, 3.8) is 0 Å². The highest BCUT2D eigenvalue weighted by atomic mass is 15.2. The van der Waals surface area contributed by atoms with Crippen molar-refractivity contribution >= 4 is 5.69 Å². The second-order valence-corrected chi connectivity index (χ2v) is 5.37. The molecule has 1 aromatic rings. The molecule has 2 heteroatoms. The lowest BCUT2D eigenvalue weighted by Crippen LogP contribution is -2.47. The van der Waals surface area contributed by atoms with Gasteiger partial charge in [0.05, 0.1) is 0 Å². The van der Waals surface area contributed by atoms with Gasteiger partial charge in [-0.25, -0.2) is 0 Å². The fraction of sp³-hybridized carbons (Fsp3) is 0.600. The first-order valence-electron chi connectivity index (χ1n) is 6.94. The number of hydrogen-bond donors (Lipinski definition) is 1. The van der Waals surface area contributed by atoms with Crippen molar-refractivity contribution in [2.45, 2.75) is 44.7 Å². The zero-order chi connectivity index (χ0) is 11.7. The Hall–Kier alpha value is -1.02. The van der Waals surface area contributed by atoms with Gasteiger partial charge in [-0.3, -0.25) is 0 Å². The number of rotatable bonds is 2. The maximum atomic E-state index is 3.64. The van der Waals surface area contributed by atoms with Crippen LogP contribution in [0.2, 0.25) is 0 Å². The zero-order valence-electron chi connectivity index (χ0n) is 10.7. The van der Waals surface area contributed by atoms with Crippen LogP contribution in [0, 0.1) is 0 Å². The van der Waals surface area contributed by atoms with Crippen molar-refractivity contribution in [2.24, 2.45) is 0 Å². The number of nitrogens with zero attached hydrogens (tertiary/aromatic N) is 1. The third-order valence-corrected chi connectivity index (χ3v) is 4.32. The van der Waals surface area contributed by atoms with Gasteiger partial charge < -0.3 is 10.2 Å². The lowest BCUT2D eigenvalue weighted by atomic mass is 9.97. The molecule has 0 amide bonds. The summed E-state index contributed by atoms with van der Waals surface area (Å²) in [6, 6.07) is 10.2. The van der Waals surface area contributed by atoms with Crippen molar-refractivity contribution in [1.82, 2.24) is 5.32 Å². The summed E-state index contributed by atoms with van der Waals surface area (Å²) in [5.74, 6) is 0. The molecule has 0 aliphatic carbocycles. The van der Waals surface area contributed by atoms with E-state index in [-0.39, 0.29) is 0 Å². The molecule has 2 unspecified atom stereocenters. The molecule has 0 radical (unpaired) electrons. The predicted octanol–water partition coefficient (Wildman–Crippen LogP) is 2.58. The summed E-state index contributed by atoms with van der Waals surface area (Å²) >= 11 is 0. The third-order valence-electron chi connectivity index (χ3n) is 4.32. The Balaban J connectivity index is 1.84. The molecule has 2 aliphatic heterocycles. The molecule has 17 heavy (non-hydrogen) atoms. The number of benzene rings is 1. The number of hydrogen-bond acceptors (Lipinski definition) is 2. The van der Waals surface area contributed by atoms with E-state index in [1.54, 1.807) is 0 Å². The Labute approximate surface area is 104 Å². The molecule has 2 aliphatic rings. The Kier molecular flexibility index (Phi) is 3.06. The van der Waals surface area contributed by atoms with Crippen LogP contribution in [0.25, 0.3) is 0 Å². The van der Waals surface area contributed by atoms with Crippen LogP contribution >= 0.6 is 0 Å². The summed E-state index contributed by atoms with van der Waals surface area (Å²) in [7, 11) is 0. The lowest BCUT2D eigenvalue weighted by molar-refractivity contribution is 0.465. The molecule has 0 aromatic heterocycles. The average molecular weight is 230 g/mol. The fourth-order valence-corrected chi connectivity index (χ4v) is 3.33. The minimum absolute atomic E-state index is 0.624. The highest BCUT2D eigenvalue weighted by molar-refractivity contribution is 5.56. The van der Waals surface area contributed by atoms with Crippen LogP contribution in [0.1, 0.15) is 31.7 Å². The predicted molar refractivity (Wildman–Crippen MR) is 72.6 cm³/mol. The van der Waals surface area contributed by atoms with E-state index in [9.17, 15) is 0 Å². The Bertz CT molecular complexity index is 382. The van der Waals surface area contributed by atoms with E-state index < -0.39 is 0 Å². The number of aryl methyl sites for hydroxylation is 1. The smallest absolute Gasteiger partial charge is 0.0415 e. The number of para-hydroxylation sites is 1. The van der Waals surface area contributed by atoms with E-state index in [0.717, 1.165) is 0 Å². The van der Waals surface area contributed by atoms with Gasteiger partial charge >= 0.3 is 0 Å². The van der Waals surface area contributed by atoms with Crippen molar-refractivity contribution in [2.75, 3.05) is 18.0 Å². The molecule has 92 valence electrons. The van der Waals surface area contributed by atoms with Gasteiger partial charge in [0.15, 0.2) is 0 Å². The summed E-state index contributed by atoms with van der Waals surface area (Å²) in [6.45, 7) is 4.80. The van der Waals surface area contributed by atoms with E-state index in [1.807, 2.05) is 0 Å². The molecule has 0 bridgehead atoms. The van der Waals surface area contributed by atoms with Crippen LogP contribution in [0.4, 0.5) is 5.69 Å². The van der Waals surface area contributed by atoms with Gasteiger partial charge in [0.2, 0.25) is 0 Å². The third kappa shape index (κ3) is 2.06. The monoisotopic (exact) mass is 230 g/mol. The van der Waals surface area contributed by atoms with Crippen LogP contribution in [0.3, 0.4) is 0 Å². The topological polar surface area (TPSA) is 15.3 Å². The second-order valence-electron chi connectivity index (χ2n) is 5.37. The molecular formula is C15H22N2. The maximum Gasteiger partial charge on any atom is 0.0415 e. The normalized spacial score (nSPS) is 25.7. The number of nitrogens with one attached hydrogen (secondary N) is 1. The summed E-state index contributed by atoms with van der Waals surface area (Å²) < 4.78 is 0. The number of anilines is 1.